The highest BCUT2D eigenvalue weighted by Crippen LogP contribution is 2.28. The van der Waals surface area contributed by atoms with E-state index in [-0.39, 0.29) is 16.9 Å². The predicted molar refractivity (Wildman–Crippen MR) is 109 cm³/mol. The maximum atomic E-state index is 13.0. The van der Waals surface area contributed by atoms with Crippen molar-refractivity contribution in [1.29, 1.82) is 0 Å². The second-order valence-electron chi connectivity index (χ2n) is 6.79. The minimum atomic E-state index is -1.31. The quantitative estimate of drug-likeness (QED) is 0.361. The Morgan fingerprint density at radius 1 is 1.07 bits per heavy atom. The van der Waals surface area contributed by atoms with Gasteiger partial charge >= 0.3 is 5.97 Å². The normalized spacial score (nSPS) is 11.6. The van der Waals surface area contributed by atoms with Crippen LogP contribution in [0.5, 0.6) is 0 Å². The number of aryl methyl sites for hydroxylation is 3. The van der Waals surface area contributed by atoms with Crippen molar-refractivity contribution in [3.63, 3.8) is 0 Å². The van der Waals surface area contributed by atoms with Crippen LogP contribution in [0.15, 0.2) is 59.0 Å². The Morgan fingerprint density at radius 3 is 2.37 bits per heavy atom. The molecule has 0 saturated heterocycles. The lowest BCUT2D eigenvalue weighted by Crippen LogP contribution is -2.26. The van der Waals surface area contributed by atoms with Gasteiger partial charge in [0, 0.05) is 11.6 Å². The number of rotatable bonds is 6. The molecule has 30 heavy (non-hydrogen) atoms. The number of carbonyl (C=O) groups is 2. The number of esters is 1. The first-order valence-electron chi connectivity index (χ1n) is 9.15. The molecule has 3 aromatic rings. The van der Waals surface area contributed by atoms with Crippen LogP contribution < -0.4 is 5.32 Å². The summed E-state index contributed by atoms with van der Waals surface area (Å²) >= 11 is 0. The van der Waals surface area contributed by atoms with E-state index in [2.05, 4.69) is 5.32 Å². The monoisotopic (exact) mass is 408 g/mol. The molecule has 3 rings (SSSR count). The first-order valence-corrected chi connectivity index (χ1v) is 9.15. The van der Waals surface area contributed by atoms with Crippen molar-refractivity contribution >= 4 is 23.3 Å². The molecule has 1 amide bonds. The van der Waals surface area contributed by atoms with E-state index in [1.807, 2.05) is 0 Å². The molecule has 0 unspecified atom stereocenters. The summed E-state index contributed by atoms with van der Waals surface area (Å²) < 4.78 is 10.8. The molecule has 1 aromatic heterocycles. The highest BCUT2D eigenvalue weighted by Gasteiger charge is 2.29. The topological polar surface area (TPSA) is 112 Å². The van der Waals surface area contributed by atoms with E-state index in [9.17, 15) is 19.7 Å². The highest BCUT2D eigenvalue weighted by atomic mass is 16.6. The van der Waals surface area contributed by atoms with Crippen LogP contribution in [0.25, 0.3) is 0 Å². The minimum absolute atomic E-state index is 0.0166. The fraction of sp³-hybridized carbons (Fsp3) is 0.182. The summed E-state index contributed by atoms with van der Waals surface area (Å²) in [6, 6.07) is 14.4. The number of hydrogen-bond acceptors (Lipinski definition) is 6. The molecule has 0 bridgehead atoms. The van der Waals surface area contributed by atoms with Gasteiger partial charge in [0.25, 0.3) is 11.6 Å². The Labute approximate surface area is 172 Å². The van der Waals surface area contributed by atoms with E-state index in [0.717, 1.165) is 0 Å². The molecule has 0 spiro atoms. The van der Waals surface area contributed by atoms with Crippen LogP contribution in [0.2, 0.25) is 0 Å². The van der Waals surface area contributed by atoms with Gasteiger partial charge in [-0.2, -0.15) is 0 Å². The second kappa shape index (κ2) is 8.60. The van der Waals surface area contributed by atoms with Gasteiger partial charge in [0.15, 0.2) is 0 Å². The Balaban J connectivity index is 1.92. The highest BCUT2D eigenvalue weighted by molar-refractivity contribution is 5.99. The predicted octanol–water partition coefficient (Wildman–Crippen LogP) is 4.65. The SMILES string of the molecule is Cc1ccc(NC(=O)[C@@H](OC(=O)c2cc(C)oc2C)c2ccccc2)c([N+](=O)[O-])c1. The standard InChI is InChI=1S/C22H20N2O6/c1-13-9-10-18(19(11-13)24(27)28)23-21(25)20(16-7-5-4-6-8-16)30-22(26)17-12-14(2)29-15(17)3/h4-12,20H,1-3H3,(H,23,25)/t20-/m0/s1. The number of amides is 1. The molecule has 1 N–H and O–H groups in total. The summed E-state index contributed by atoms with van der Waals surface area (Å²) in [5.41, 5.74) is 1.08. The van der Waals surface area contributed by atoms with Gasteiger partial charge in [-0.3, -0.25) is 14.9 Å². The Morgan fingerprint density at radius 2 is 1.77 bits per heavy atom. The molecule has 0 saturated carbocycles. The number of nitrogens with zero attached hydrogens (tertiary/aromatic N) is 1. The zero-order valence-electron chi connectivity index (χ0n) is 16.7. The minimum Gasteiger partial charge on any atom is -0.466 e. The van der Waals surface area contributed by atoms with Gasteiger partial charge < -0.3 is 14.5 Å². The largest absolute Gasteiger partial charge is 0.466 e. The lowest BCUT2D eigenvalue weighted by atomic mass is 10.1. The first-order chi connectivity index (χ1) is 14.3. The summed E-state index contributed by atoms with van der Waals surface area (Å²) in [6.45, 7) is 5.03. The van der Waals surface area contributed by atoms with Crippen LogP contribution in [0.1, 0.15) is 39.1 Å². The first kappa shape index (κ1) is 20.8. The van der Waals surface area contributed by atoms with Crippen LogP contribution in [0, 0.1) is 30.9 Å². The third-order valence-electron chi connectivity index (χ3n) is 4.43. The number of furan rings is 1. The lowest BCUT2D eigenvalue weighted by Gasteiger charge is -2.18. The van der Waals surface area contributed by atoms with Crippen LogP contribution in [0.4, 0.5) is 11.4 Å². The summed E-state index contributed by atoms with van der Waals surface area (Å²) in [7, 11) is 0. The number of benzene rings is 2. The van der Waals surface area contributed by atoms with E-state index in [4.69, 9.17) is 9.15 Å². The summed E-state index contributed by atoms with van der Waals surface area (Å²) in [5.74, 6) is -0.527. The molecule has 0 radical (unpaired) electrons. The molecule has 8 heteroatoms. The maximum Gasteiger partial charge on any atom is 0.342 e. The van der Waals surface area contributed by atoms with Crippen LogP contribution in [-0.4, -0.2) is 16.8 Å². The fourth-order valence-corrected chi connectivity index (χ4v) is 3.00. The molecule has 154 valence electrons. The van der Waals surface area contributed by atoms with Crippen molar-refractivity contribution in [1.82, 2.24) is 0 Å². The van der Waals surface area contributed by atoms with E-state index in [1.54, 1.807) is 57.2 Å². The maximum absolute atomic E-state index is 13.0. The molecular formula is C22H20N2O6. The second-order valence-corrected chi connectivity index (χ2v) is 6.79. The molecule has 8 nitrogen and oxygen atoms in total. The zero-order chi connectivity index (χ0) is 21.8. The van der Waals surface area contributed by atoms with Gasteiger partial charge in [0.05, 0.1) is 4.92 Å². The molecule has 1 heterocycles. The number of carbonyl (C=O) groups excluding carboxylic acids is 2. The number of nitro groups is 1. The Hall–Kier alpha value is -3.94. The zero-order valence-corrected chi connectivity index (χ0v) is 16.7. The van der Waals surface area contributed by atoms with Crippen molar-refractivity contribution < 1.29 is 23.7 Å². The van der Waals surface area contributed by atoms with Crippen LogP contribution in [0.3, 0.4) is 0 Å². The Bertz CT molecular complexity index is 1100. The van der Waals surface area contributed by atoms with Gasteiger partial charge in [-0.05, 0) is 38.5 Å². The average molecular weight is 408 g/mol. The number of hydrogen-bond donors (Lipinski definition) is 1. The van der Waals surface area contributed by atoms with E-state index in [1.165, 1.54) is 18.2 Å². The number of anilines is 1. The van der Waals surface area contributed by atoms with E-state index < -0.39 is 22.9 Å². The van der Waals surface area contributed by atoms with Crippen molar-refractivity contribution in [3.05, 3.63) is 92.9 Å². The molecule has 2 aromatic carbocycles. The van der Waals surface area contributed by atoms with Crippen LogP contribution >= 0.6 is 0 Å². The number of ether oxygens (including phenoxy) is 1. The molecule has 0 aliphatic heterocycles. The molecule has 0 aliphatic carbocycles. The fourth-order valence-electron chi connectivity index (χ4n) is 3.00. The lowest BCUT2D eigenvalue weighted by molar-refractivity contribution is -0.384. The number of nitro benzene ring substituents is 1. The Kier molecular flexibility index (Phi) is 5.96. The van der Waals surface area contributed by atoms with E-state index >= 15 is 0 Å². The number of nitrogens with one attached hydrogen (secondary N) is 1. The smallest absolute Gasteiger partial charge is 0.342 e. The summed E-state index contributed by atoms with van der Waals surface area (Å²) in [4.78, 5) is 36.4. The van der Waals surface area contributed by atoms with Crippen molar-refractivity contribution in [2.75, 3.05) is 5.32 Å². The van der Waals surface area contributed by atoms with Gasteiger partial charge in [-0.1, -0.05) is 36.4 Å². The van der Waals surface area contributed by atoms with Gasteiger partial charge in [0.1, 0.15) is 22.8 Å². The van der Waals surface area contributed by atoms with Gasteiger partial charge in [0.2, 0.25) is 6.10 Å². The van der Waals surface area contributed by atoms with Gasteiger partial charge in [-0.15, -0.1) is 0 Å². The van der Waals surface area contributed by atoms with Crippen LogP contribution in [-0.2, 0) is 9.53 Å². The van der Waals surface area contributed by atoms with Crippen molar-refractivity contribution in [3.8, 4) is 0 Å². The van der Waals surface area contributed by atoms with Gasteiger partial charge in [-0.25, -0.2) is 4.79 Å². The summed E-state index contributed by atoms with van der Waals surface area (Å²) in [6.07, 6.45) is -1.31. The third kappa shape index (κ3) is 4.54. The molecule has 0 aliphatic rings. The third-order valence-corrected chi connectivity index (χ3v) is 4.43. The summed E-state index contributed by atoms with van der Waals surface area (Å²) in [5, 5.41) is 13.9. The molecule has 1 atom stereocenters. The van der Waals surface area contributed by atoms with E-state index in [0.29, 0.717) is 22.6 Å². The average Bonchev–Trinajstić information content (AvgIpc) is 3.05. The van der Waals surface area contributed by atoms with Crippen molar-refractivity contribution in [2.45, 2.75) is 26.9 Å². The molecule has 0 fully saturated rings. The van der Waals surface area contributed by atoms with Crippen molar-refractivity contribution in [2.24, 2.45) is 0 Å². The molecular weight excluding hydrogens is 388 g/mol.